The van der Waals surface area contributed by atoms with E-state index in [1.54, 1.807) is 0 Å². The molecule has 1 aliphatic heterocycles. The van der Waals surface area contributed by atoms with Crippen LogP contribution in [0.25, 0.3) is 10.8 Å². The van der Waals surface area contributed by atoms with E-state index in [1.165, 1.54) is 11.1 Å². The summed E-state index contributed by atoms with van der Waals surface area (Å²) in [5.74, 6) is 1.24. The van der Waals surface area contributed by atoms with Gasteiger partial charge in [0.05, 0.1) is 18.2 Å². The molecule has 2 aliphatic carbocycles. The minimum atomic E-state index is -0.232. The van der Waals surface area contributed by atoms with Crippen LogP contribution in [-0.4, -0.2) is 54.5 Å². The predicted octanol–water partition coefficient (Wildman–Crippen LogP) is 6.66. The molecule has 3 aliphatic rings. The molecule has 0 bridgehead atoms. The number of allylic oxidation sites excluding steroid dienone is 2. The number of Topliss-reactive ketones (excluding diaryl/α,β-unsaturated/α-hetero) is 1. The molecule has 39 heavy (non-hydrogen) atoms. The number of ether oxygens (including phenoxy) is 1. The molecule has 4 nitrogen and oxygen atoms in total. The summed E-state index contributed by atoms with van der Waals surface area (Å²) < 4.78 is 6.97. The predicted molar refractivity (Wildman–Crippen MR) is 159 cm³/mol. The molecule has 4 heteroatoms. The second-order valence-electron chi connectivity index (χ2n) is 12.0. The molecule has 0 radical (unpaired) electrons. The second kappa shape index (κ2) is 11.2. The Morgan fingerprint density at radius 1 is 0.846 bits per heavy atom. The van der Waals surface area contributed by atoms with Crippen LogP contribution in [0.1, 0.15) is 47.2 Å². The van der Waals surface area contributed by atoms with Crippen LogP contribution in [0, 0.1) is 11.8 Å². The maximum absolute atomic E-state index is 13.7. The first-order valence-corrected chi connectivity index (χ1v) is 14.4. The van der Waals surface area contributed by atoms with Crippen molar-refractivity contribution in [3.8, 4) is 0 Å². The Balaban J connectivity index is 1.27. The van der Waals surface area contributed by atoms with Crippen LogP contribution in [0.5, 0.6) is 0 Å². The first-order valence-electron chi connectivity index (χ1n) is 14.4. The third-order valence-corrected chi connectivity index (χ3v) is 8.88. The van der Waals surface area contributed by atoms with Crippen molar-refractivity contribution in [2.75, 3.05) is 27.2 Å². The smallest absolute Gasteiger partial charge is 0.176 e. The average Bonchev–Trinajstić information content (AvgIpc) is 3.27. The van der Waals surface area contributed by atoms with Gasteiger partial charge in [-0.05, 0) is 79.6 Å². The van der Waals surface area contributed by atoms with Gasteiger partial charge in [-0.1, -0.05) is 85.0 Å². The van der Waals surface area contributed by atoms with Gasteiger partial charge in [0.1, 0.15) is 0 Å². The number of nitrogens with zero attached hydrogens (tertiary/aromatic N) is 2. The van der Waals surface area contributed by atoms with E-state index in [9.17, 15) is 4.79 Å². The van der Waals surface area contributed by atoms with Crippen LogP contribution >= 0.6 is 0 Å². The molecule has 3 aromatic rings. The van der Waals surface area contributed by atoms with Gasteiger partial charge in [0.2, 0.25) is 0 Å². The normalized spacial score (nSPS) is 25.8. The molecule has 6 rings (SSSR count). The van der Waals surface area contributed by atoms with E-state index in [2.05, 4.69) is 90.7 Å². The Morgan fingerprint density at radius 2 is 1.56 bits per heavy atom. The quantitative estimate of drug-likeness (QED) is 0.233. The molecule has 1 saturated heterocycles. The summed E-state index contributed by atoms with van der Waals surface area (Å²) in [6.45, 7) is 2.81. The van der Waals surface area contributed by atoms with Crippen LogP contribution < -0.4 is 0 Å². The van der Waals surface area contributed by atoms with Crippen LogP contribution in [0.2, 0.25) is 0 Å². The summed E-state index contributed by atoms with van der Waals surface area (Å²) in [7, 11) is 4.19. The summed E-state index contributed by atoms with van der Waals surface area (Å²) in [6, 6.07) is 23.2. The topological polar surface area (TPSA) is 32.8 Å². The fraction of sp³-hybridized carbons (Fsp3) is 0.400. The van der Waals surface area contributed by atoms with Crippen LogP contribution in [0.15, 0.2) is 91.0 Å². The van der Waals surface area contributed by atoms with E-state index in [0.29, 0.717) is 24.5 Å². The van der Waals surface area contributed by atoms with E-state index in [0.717, 1.165) is 61.7 Å². The minimum absolute atomic E-state index is 0.168. The fourth-order valence-electron chi connectivity index (χ4n) is 7.06. The van der Waals surface area contributed by atoms with E-state index in [1.807, 2.05) is 24.3 Å². The Labute approximate surface area is 233 Å². The highest BCUT2D eigenvalue weighted by molar-refractivity contribution is 6.01. The molecule has 3 aromatic carbocycles. The molecule has 1 fully saturated rings. The van der Waals surface area contributed by atoms with Gasteiger partial charge >= 0.3 is 0 Å². The molecule has 202 valence electrons. The van der Waals surface area contributed by atoms with E-state index in [-0.39, 0.29) is 11.4 Å². The zero-order chi connectivity index (χ0) is 26.8. The largest absolute Gasteiger partial charge is 0.369 e. The van der Waals surface area contributed by atoms with E-state index in [4.69, 9.17) is 4.74 Å². The minimum Gasteiger partial charge on any atom is -0.369 e. The maximum Gasteiger partial charge on any atom is 0.176 e. The molecule has 1 heterocycles. The van der Waals surface area contributed by atoms with E-state index < -0.39 is 0 Å². The average molecular weight is 521 g/mol. The van der Waals surface area contributed by atoms with Crippen LogP contribution in [0.4, 0.5) is 0 Å². The Bertz CT molecular complexity index is 1370. The summed E-state index contributed by atoms with van der Waals surface area (Å²) in [4.78, 5) is 18.3. The van der Waals surface area contributed by atoms with Gasteiger partial charge in [0.25, 0.3) is 0 Å². The van der Waals surface area contributed by atoms with Crippen molar-refractivity contribution in [1.82, 2.24) is 9.80 Å². The van der Waals surface area contributed by atoms with Gasteiger partial charge in [-0.2, -0.15) is 0 Å². The number of ketones is 1. The first kappa shape index (κ1) is 26.2. The maximum atomic E-state index is 13.7. The van der Waals surface area contributed by atoms with Crippen LogP contribution in [-0.2, 0) is 17.8 Å². The van der Waals surface area contributed by atoms with Gasteiger partial charge in [-0.15, -0.1) is 0 Å². The molecule has 0 N–H and O–H groups in total. The standard InChI is InChI=1S/C35H40N2O2/c1-36(2)22-26-14-16-27(17-15-26)23-37(24-33(38)30-19-18-28-9-3-4-10-29(28)21-30)25-35-20-8-7-12-32(35)31-11-5-6-13-34(31)39-35/h3-10,14-19,21,31-32,34H,11-13,20,22-25H2,1-2H3. The number of fused-ring (bicyclic) bond motifs is 4. The number of hydrogen-bond acceptors (Lipinski definition) is 4. The lowest BCUT2D eigenvalue weighted by molar-refractivity contribution is -0.0775. The van der Waals surface area contributed by atoms with Crippen molar-refractivity contribution in [1.29, 1.82) is 0 Å². The lowest BCUT2D eigenvalue weighted by atomic mass is 9.70. The van der Waals surface area contributed by atoms with Crippen molar-refractivity contribution >= 4 is 16.6 Å². The van der Waals surface area contributed by atoms with Gasteiger partial charge in [-0.3, -0.25) is 9.69 Å². The molecule has 0 saturated carbocycles. The van der Waals surface area contributed by atoms with Gasteiger partial charge in [0.15, 0.2) is 5.78 Å². The Hall–Kier alpha value is -3.05. The number of carbonyl (C=O) groups excluding carboxylic acids is 1. The Kier molecular flexibility index (Phi) is 7.53. The fourth-order valence-corrected chi connectivity index (χ4v) is 7.06. The van der Waals surface area contributed by atoms with Crippen molar-refractivity contribution < 1.29 is 9.53 Å². The summed E-state index contributed by atoms with van der Waals surface area (Å²) in [5.41, 5.74) is 3.09. The monoisotopic (exact) mass is 520 g/mol. The summed E-state index contributed by atoms with van der Waals surface area (Å²) in [6.07, 6.45) is 13.7. The summed E-state index contributed by atoms with van der Waals surface area (Å²) >= 11 is 0. The highest BCUT2D eigenvalue weighted by Crippen LogP contribution is 2.51. The third kappa shape index (κ3) is 5.65. The molecule has 0 amide bonds. The molecular weight excluding hydrogens is 480 g/mol. The zero-order valence-corrected chi connectivity index (χ0v) is 23.3. The highest BCUT2D eigenvalue weighted by atomic mass is 16.5. The van der Waals surface area contributed by atoms with Crippen molar-refractivity contribution in [3.05, 3.63) is 108 Å². The molecular formula is C35H40N2O2. The van der Waals surface area contributed by atoms with Gasteiger partial charge in [0, 0.05) is 25.2 Å². The number of carbonyl (C=O) groups is 1. The number of benzene rings is 3. The number of rotatable bonds is 9. The van der Waals surface area contributed by atoms with Crippen molar-refractivity contribution in [2.45, 2.75) is 50.5 Å². The third-order valence-electron chi connectivity index (χ3n) is 8.88. The summed E-state index contributed by atoms with van der Waals surface area (Å²) in [5, 5.41) is 2.27. The SMILES string of the molecule is CN(C)Cc1ccc(CN(CC(=O)c2ccc3ccccc3c2)CC23CC=CCC2C2CC=CCC2O3)cc1. The van der Waals surface area contributed by atoms with E-state index >= 15 is 0 Å². The lowest BCUT2D eigenvalue weighted by Gasteiger charge is -2.41. The van der Waals surface area contributed by atoms with Gasteiger partial charge < -0.3 is 9.64 Å². The molecule has 4 unspecified atom stereocenters. The highest BCUT2D eigenvalue weighted by Gasteiger charge is 2.54. The molecule has 0 spiro atoms. The number of hydrogen-bond donors (Lipinski definition) is 0. The van der Waals surface area contributed by atoms with Crippen molar-refractivity contribution in [2.24, 2.45) is 11.8 Å². The first-order chi connectivity index (χ1) is 19.0. The Morgan fingerprint density at radius 3 is 2.36 bits per heavy atom. The van der Waals surface area contributed by atoms with Crippen molar-refractivity contribution in [3.63, 3.8) is 0 Å². The molecule has 4 atom stereocenters. The lowest BCUT2D eigenvalue weighted by Crippen LogP contribution is -2.49. The van der Waals surface area contributed by atoms with Crippen LogP contribution in [0.3, 0.4) is 0 Å². The zero-order valence-electron chi connectivity index (χ0n) is 23.3. The van der Waals surface area contributed by atoms with Gasteiger partial charge in [-0.25, -0.2) is 0 Å². The second-order valence-corrected chi connectivity index (χ2v) is 12.0. The molecule has 0 aromatic heterocycles.